The molecule has 31 heavy (non-hydrogen) atoms. The van der Waals surface area contributed by atoms with Crippen molar-refractivity contribution in [3.8, 4) is 22.8 Å². The number of aromatic hydroxyl groups is 1. The van der Waals surface area contributed by atoms with Gasteiger partial charge in [-0.3, -0.25) is 14.7 Å². The third kappa shape index (κ3) is 4.59. The van der Waals surface area contributed by atoms with Gasteiger partial charge in [-0.25, -0.2) is 0 Å². The van der Waals surface area contributed by atoms with E-state index in [0.717, 1.165) is 21.8 Å². The van der Waals surface area contributed by atoms with E-state index < -0.39 is 0 Å². The van der Waals surface area contributed by atoms with Gasteiger partial charge in [-0.05, 0) is 44.5 Å². The highest BCUT2D eigenvalue weighted by Crippen LogP contribution is 2.33. The zero-order valence-corrected chi connectivity index (χ0v) is 18.8. The van der Waals surface area contributed by atoms with E-state index in [-0.39, 0.29) is 17.4 Å². The number of para-hydroxylation sites is 1. The summed E-state index contributed by atoms with van der Waals surface area (Å²) in [6.45, 7) is 5.87. The number of amides is 1. The largest absolute Gasteiger partial charge is 0.507 e. The van der Waals surface area contributed by atoms with Gasteiger partial charge in [0.2, 0.25) is 11.0 Å². The molecule has 0 bridgehead atoms. The van der Waals surface area contributed by atoms with Crippen LogP contribution in [0, 0.1) is 20.8 Å². The third-order valence-corrected chi connectivity index (χ3v) is 6.16. The fourth-order valence-corrected chi connectivity index (χ4v) is 4.46. The van der Waals surface area contributed by atoms with Crippen molar-refractivity contribution in [2.24, 2.45) is 0 Å². The number of carbonyl (C=O) groups excluding carboxylic acids is 1. The summed E-state index contributed by atoms with van der Waals surface area (Å²) in [5, 5.41) is 31.4. The van der Waals surface area contributed by atoms with Gasteiger partial charge in [0.1, 0.15) is 10.8 Å². The molecule has 1 amide bonds. The molecule has 0 aliphatic rings. The predicted octanol–water partition coefficient (Wildman–Crippen LogP) is 4.15. The molecule has 0 radical (unpaired) electrons. The van der Waals surface area contributed by atoms with Gasteiger partial charge in [-0.2, -0.15) is 0 Å². The lowest BCUT2D eigenvalue weighted by Gasteiger charge is -2.14. The molecule has 0 saturated carbocycles. The molecular weight excluding hydrogens is 432 g/mol. The lowest BCUT2D eigenvalue weighted by Crippen LogP contribution is -2.14. The Morgan fingerprint density at radius 3 is 2.61 bits per heavy atom. The second kappa shape index (κ2) is 8.86. The summed E-state index contributed by atoms with van der Waals surface area (Å²) in [6.07, 6.45) is 0. The van der Waals surface area contributed by atoms with Crippen LogP contribution in [0.15, 0.2) is 47.6 Å². The quantitative estimate of drug-likeness (QED) is 0.423. The summed E-state index contributed by atoms with van der Waals surface area (Å²) in [7, 11) is 0. The molecule has 0 spiro atoms. The number of anilines is 1. The van der Waals surface area contributed by atoms with E-state index in [2.05, 4.69) is 31.8 Å². The highest BCUT2D eigenvalue weighted by Gasteiger charge is 2.20. The van der Waals surface area contributed by atoms with E-state index >= 15 is 0 Å². The highest BCUT2D eigenvalue weighted by atomic mass is 32.2. The summed E-state index contributed by atoms with van der Waals surface area (Å²) < 4.78 is 1.87. The van der Waals surface area contributed by atoms with Gasteiger partial charge in [-0.1, -0.05) is 52.9 Å². The highest BCUT2D eigenvalue weighted by molar-refractivity contribution is 7.99. The Kier molecular flexibility index (Phi) is 6.01. The first-order chi connectivity index (χ1) is 14.9. The maximum atomic E-state index is 12.4. The molecule has 8 nitrogen and oxygen atoms in total. The summed E-state index contributed by atoms with van der Waals surface area (Å²) in [6, 6.07) is 13.1. The smallest absolute Gasteiger partial charge is 0.236 e. The van der Waals surface area contributed by atoms with Crippen molar-refractivity contribution >= 4 is 34.1 Å². The molecule has 10 heteroatoms. The van der Waals surface area contributed by atoms with Crippen molar-refractivity contribution in [1.82, 2.24) is 25.0 Å². The zero-order valence-electron chi connectivity index (χ0n) is 17.2. The van der Waals surface area contributed by atoms with Crippen LogP contribution in [0.3, 0.4) is 0 Å². The van der Waals surface area contributed by atoms with Crippen molar-refractivity contribution in [1.29, 1.82) is 0 Å². The summed E-state index contributed by atoms with van der Waals surface area (Å²) in [5.41, 5.74) is 3.62. The molecule has 0 atom stereocenters. The number of rotatable bonds is 6. The summed E-state index contributed by atoms with van der Waals surface area (Å²) in [5.74, 6) is 0.539. The maximum absolute atomic E-state index is 12.4. The molecule has 2 N–H and O–H groups in total. The van der Waals surface area contributed by atoms with Gasteiger partial charge in [0.05, 0.1) is 17.0 Å². The number of aryl methyl sites for hydroxylation is 3. The number of thioether (sulfide) groups is 1. The van der Waals surface area contributed by atoms with Crippen molar-refractivity contribution in [2.45, 2.75) is 25.9 Å². The minimum atomic E-state index is -0.208. The van der Waals surface area contributed by atoms with E-state index in [0.29, 0.717) is 21.7 Å². The molecule has 2 aromatic carbocycles. The Morgan fingerprint density at radius 2 is 1.90 bits per heavy atom. The SMILES string of the molecule is Cc1ccc(-n2c(SCC(=O)Nc3nnc(C)s3)nnc2-c2ccccc2O)c(C)c1. The van der Waals surface area contributed by atoms with Crippen LogP contribution in [-0.2, 0) is 4.79 Å². The minimum absolute atomic E-state index is 0.113. The van der Waals surface area contributed by atoms with Crippen molar-refractivity contribution < 1.29 is 9.90 Å². The first-order valence-corrected chi connectivity index (χ1v) is 11.3. The predicted molar refractivity (Wildman–Crippen MR) is 122 cm³/mol. The van der Waals surface area contributed by atoms with Gasteiger partial charge in [0.15, 0.2) is 11.0 Å². The Morgan fingerprint density at radius 1 is 1.10 bits per heavy atom. The van der Waals surface area contributed by atoms with Crippen LogP contribution in [0.5, 0.6) is 5.75 Å². The lowest BCUT2D eigenvalue weighted by molar-refractivity contribution is -0.113. The molecule has 0 unspecified atom stereocenters. The first-order valence-electron chi connectivity index (χ1n) is 9.46. The van der Waals surface area contributed by atoms with Gasteiger partial charge in [-0.15, -0.1) is 20.4 Å². The molecule has 4 aromatic rings. The average Bonchev–Trinajstić information content (AvgIpc) is 3.33. The van der Waals surface area contributed by atoms with E-state index in [9.17, 15) is 9.90 Å². The van der Waals surface area contributed by atoms with Gasteiger partial charge < -0.3 is 5.11 Å². The number of hydrogen-bond acceptors (Lipinski definition) is 8. The number of nitrogens with zero attached hydrogens (tertiary/aromatic N) is 5. The van der Waals surface area contributed by atoms with E-state index in [4.69, 9.17) is 0 Å². The number of carbonyl (C=O) groups is 1. The standard InChI is InChI=1S/C21H20N6O2S2/c1-12-8-9-16(13(2)10-12)27-19(15-6-4-5-7-17(15)28)24-26-21(27)30-11-18(29)22-20-25-23-14(3)31-20/h4-10,28H,11H2,1-3H3,(H,22,25,29). The first kappa shape index (κ1) is 21.0. The average molecular weight is 453 g/mol. The van der Waals surface area contributed by atoms with E-state index in [1.165, 1.54) is 23.1 Å². The van der Waals surface area contributed by atoms with Gasteiger partial charge >= 0.3 is 0 Å². The van der Waals surface area contributed by atoms with Crippen LogP contribution in [0.1, 0.15) is 16.1 Å². The van der Waals surface area contributed by atoms with Crippen LogP contribution < -0.4 is 5.32 Å². The molecule has 0 fully saturated rings. The molecule has 0 saturated heterocycles. The third-order valence-electron chi connectivity index (χ3n) is 4.48. The summed E-state index contributed by atoms with van der Waals surface area (Å²) in [4.78, 5) is 12.4. The number of aromatic nitrogens is 5. The Balaban J connectivity index is 1.67. The second-order valence-electron chi connectivity index (χ2n) is 6.91. The number of phenolic OH excluding ortho intramolecular Hbond substituents is 1. The fraction of sp³-hybridized carbons (Fsp3) is 0.190. The van der Waals surface area contributed by atoms with E-state index in [1.807, 2.05) is 43.5 Å². The molecule has 0 aliphatic carbocycles. The normalized spacial score (nSPS) is 10.9. The maximum Gasteiger partial charge on any atom is 0.236 e. The van der Waals surface area contributed by atoms with Crippen LogP contribution in [0.4, 0.5) is 5.13 Å². The fourth-order valence-electron chi connectivity index (χ4n) is 3.11. The number of benzene rings is 2. The summed E-state index contributed by atoms with van der Waals surface area (Å²) >= 11 is 2.58. The Hall–Kier alpha value is -3.24. The Bertz CT molecular complexity index is 1250. The second-order valence-corrected chi connectivity index (χ2v) is 9.04. The molecule has 0 aliphatic heterocycles. The van der Waals surface area contributed by atoms with Crippen LogP contribution in [0.25, 0.3) is 17.1 Å². The lowest BCUT2D eigenvalue weighted by atomic mass is 10.1. The topological polar surface area (TPSA) is 106 Å². The van der Waals surface area contributed by atoms with Crippen LogP contribution >= 0.6 is 23.1 Å². The van der Waals surface area contributed by atoms with Gasteiger partial charge in [0, 0.05) is 0 Å². The minimum Gasteiger partial charge on any atom is -0.507 e. The molecule has 4 rings (SSSR count). The number of nitrogens with one attached hydrogen (secondary N) is 1. The molecule has 158 valence electrons. The molecule has 2 aromatic heterocycles. The monoisotopic (exact) mass is 452 g/mol. The van der Waals surface area contributed by atoms with E-state index in [1.54, 1.807) is 18.2 Å². The van der Waals surface area contributed by atoms with Gasteiger partial charge in [0.25, 0.3) is 0 Å². The van der Waals surface area contributed by atoms with Crippen LogP contribution in [0.2, 0.25) is 0 Å². The number of phenols is 1. The van der Waals surface area contributed by atoms with Crippen LogP contribution in [-0.4, -0.2) is 41.7 Å². The number of hydrogen-bond donors (Lipinski definition) is 2. The molecular formula is C21H20N6O2S2. The Labute approximate surface area is 187 Å². The zero-order chi connectivity index (χ0) is 22.0. The van der Waals surface area contributed by atoms with Crippen molar-refractivity contribution in [2.75, 3.05) is 11.1 Å². The van der Waals surface area contributed by atoms with Crippen molar-refractivity contribution in [3.05, 3.63) is 58.6 Å². The molecule has 2 heterocycles. The van der Waals surface area contributed by atoms with Crippen molar-refractivity contribution in [3.63, 3.8) is 0 Å².